The van der Waals surface area contributed by atoms with Gasteiger partial charge < -0.3 is 4.90 Å². The van der Waals surface area contributed by atoms with Crippen LogP contribution in [0.2, 0.25) is 0 Å². The van der Waals surface area contributed by atoms with Crippen molar-refractivity contribution in [3.05, 3.63) is 35.4 Å². The van der Waals surface area contributed by atoms with Crippen molar-refractivity contribution in [2.75, 3.05) is 13.1 Å². The van der Waals surface area contributed by atoms with E-state index in [9.17, 15) is 13.2 Å². The second kappa shape index (κ2) is 6.84. The highest BCUT2D eigenvalue weighted by Crippen LogP contribution is 2.34. The highest BCUT2D eigenvalue weighted by molar-refractivity contribution is 5.29. The molecule has 0 radical (unpaired) electrons. The van der Waals surface area contributed by atoms with Crippen LogP contribution in [0.5, 0.6) is 0 Å². The molecular formula is C19H28F3N. The molecule has 0 bridgehead atoms. The van der Waals surface area contributed by atoms with Gasteiger partial charge in [0.2, 0.25) is 0 Å². The molecule has 0 aliphatic carbocycles. The van der Waals surface area contributed by atoms with E-state index in [4.69, 9.17) is 0 Å². The number of likely N-dealkylation sites (tertiary alicyclic amines) is 1. The van der Waals surface area contributed by atoms with Crippen molar-refractivity contribution in [3.8, 4) is 0 Å². The number of alkyl halides is 3. The van der Waals surface area contributed by atoms with E-state index in [-0.39, 0.29) is 5.41 Å². The summed E-state index contributed by atoms with van der Waals surface area (Å²) in [4.78, 5) is 2.52. The van der Waals surface area contributed by atoms with Gasteiger partial charge in [-0.05, 0) is 68.3 Å². The van der Waals surface area contributed by atoms with Crippen LogP contribution in [0.3, 0.4) is 0 Å². The largest absolute Gasteiger partial charge is 0.416 e. The highest BCUT2D eigenvalue weighted by atomic mass is 19.4. The molecule has 0 aromatic heterocycles. The van der Waals surface area contributed by atoms with Crippen molar-refractivity contribution < 1.29 is 13.2 Å². The number of benzene rings is 1. The Kier molecular flexibility index (Phi) is 5.44. The van der Waals surface area contributed by atoms with Crippen LogP contribution >= 0.6 is 0 Å². The summed E-state index contributed by atoms with van der Waals surface area (Å²) in [5.41, 5.74) is 0.268. The molecule has 0 amide bonds. The molecule has 2 rings (SSSR count). The van der Waals surface area contributed by atoms with Crippen LogP contribution in [0.15, 0.2) is 24.3 Å². The van der Waals surface area contributed by atoms with Crippen LogP contribution < -0.4 is 0 Å². The van der Waals surface area contributed by atoms with Gasteiger partial charge in [0, 0.05) is 6.04 Å². The van der Waals surface area contributed by atoms with Crippen LogP contribution in [0, 0.1) is 5.92 Å². The van der Waals surface area contributed by atoms with Crippen molar-refractivity contribution >= 4 is 0 Å². The summed E-state index contributed by atoms with van der Waals surface area (Å²) < 4.78 is 38.1. The smallest absolute Gasteiger partial charge is 0.301 e. The van der Waals surface area contributed by atoms with Crippen LogP contribution in [0.4, 0.5) is 13.2 Å². The SMILES string of the molecule is CC1CCN(C(C)CC(C)(C)c2ccc(C(F)(F)F)cc2)CC1. The second-order valence-electron chi connectivity index (χ2n) is 7.73. The molecule has 0 N–H and O–H groups in total. The molecule has 1 saturated heterocycles. The number of nitrogens with zero attached hydrogens (tertiary/aromatic N) is 1. The standard InChI is InChI=1S/C19H28F3N/c1-14-9-11-23(12-10-14)15(2)13-18(3,4)16-5-7-17(8-6-16)19(20,21)22/h5-8,14-15H,9-13H2,1-4H3. The van der Waals surface area contributed by atoms with E-state index in [1.54, 1.807) is 12.1 Å². The van der Waals surface area contributed by atoms with E-state index in [2.05, 4.69) is 32.6 Å². The lowest BCUT2D eigenvalue weighted by Gasteiger charge is -2.39. The maximum atomic E-state index is 12.7. The molecule has 23 heavy (non-hydrogen) atoms. The molecule has 1 nitrogen and oxygen atoms in total. The maximum Gasteiger partial charge on any atom is 0.416 e. The fourth-order valence-electron chi connectivity index (χ4n) is 3.57. The van der Waals surface area contributed by atoms with Gasteiger partial charge in [0.25, 0.3) is 0 Å². The van der Waals surface area contributed by atoms with E-state index >= 15 is 0 Å². The molecule has 4 heteroatoms. The minimum atomic E-state index is -4.26. The Balaban J connectivity index is 2.03. The van der Waals surface area contributed by atoms with Crippen molar-refractivity contribution in [3.63, 3.8) is 0 Å². The molecule has 1 heterocycles. The summed E-state index contributed by atoms with van der Waals surface area (Å²) >= 11 is 0. The van der Waals surface area contributed by atoms with Crippen LogP contribution in [-0.2, 0) is 11.6 Å². The lowest BCUT2D eigenvalue weighted by atomic mass is 9.78. The van der Waals surface area contributed by atoms with E-state index in [1.165, 1.54) is 25.0 Å². The van der Waals surface area contributed by atoms with E-state index in [0.29, 0.717) is 6.04 Å². The topological polar surface area (TPSA) is 3.24 Å². The first-order chi connectivity index (χ1) is 10.6. The zero-order chi connectivity index (χ0) is 17.3. The van der Waals surface area contributed by atoms with Gasteiger partial charge in [-0.3, -0.25) is 0 Å². The minimum absolute atomic E-state index is 0.132. The van der Waals surface area contributed by atoms with Gasteiger partial charge in [0.05, 0.1) is 5.56 Å². The number of piperidine rings is 1. The molecule has 1 atom stereocenters. The number of hydrogen-bond donors (Lipinski definition) is 0. The Hall–Kier alpha value is -1.03. The third kappa shape index (κ3) is 4.72. The number of rotatable bonds is 4. The molecule has 0 saturated carbocycles. The summed E-state index contributed by atoms with van der Waals surface area (Å²) in [6.07, 6.45) is -0.830. The fraction of sp³-hybridized carbons (Fsp3) is 0.684. The first-order valence-electron chi connectivity index (χ1n) is 8.51. The molecular weight excluding hydrogens is 299 g/mol. The average Bonchev–Trinajstić information content (AvgIpc) is 2.46. The summed E-state index contributed by atoms with van der Waals surface area (Å²) in [6, 6.07) is 6.11. The van der Waals surface area contributed by atoms with E-state index in [0.717, 1.165) is 31.0 Å². The Labute approximate surface area is 137 Å². The fourth-order valence-corrected chi connectivity index (χ4v) is 3.57. The van der Waals surface area contributed by atoms with Gasteiger partial charge in [-0.2, -0.15) is 13.2 Å². The first kappa shape index (κ1) is 18.3. The van der Waals surface area contributed by atoms with Crippen LogP contribution in [0.1, 0.15) is 58.1 Å². The molecule has 1 fully saturated rings. The van der Waals surface area contributed by atoms with Crippen molar-refractivity contribution in [2.45, 2.75) is 64.6 Å². The molecule has 0 spiro atoms. The average molecular weight is 327 g/mol. The van der Waals surface area contributed by atoms with Crippen molar-refractivity contribution in [2.24, 2.45) is 5.92 Å². The normalized spacial score (nSPS) is 19.8. The zero-order valence-electron chi connectivity index (χ0n) is 14.6. The zero-order valence-corrected chi connectivity index (χ0v) is 14.6. The molecule has 130 valence electrons. The number of hydrogen-bond acceptors (Lipinski definition) is 1. The van der Waals surface area contributed by atoms with Gasteiger partial charge in [-0.15, -0.1) is 0 Å². The maximum absolute atomic E-state index is 12.7. The summed E-state index contributed by atoms with van der Waals surface area (Å²) in [6.45, 7) is 11.0. The predicted octanol–water partition coefficient (Wildman–Crippen LogP) is 5.49. The Morgan fingerprint density at radius 2 is 1.52 bits per heavy atom. The Bertz CT molecular complexity index is 496. The third-order valence-electron chi connectivity index (χ3n) is 5.24. The van der Waals surface area contributed by atoms with Crippen LogP contribution in [0.25, 0.3) is 0 Å². The molecule has 1 aliphatic heterocycles. The predicted molar refractivity (Wildman–Crippen MR) is 88.5 cm³/mol. The summed E-state index contributed by atoms with van der Waals surface area (Å²) in [5, 5.41) is 0. The summed E-state index contributed by atoms with van der Waals surface area (Å²) in [7, 11) is 0. The third-order valence-corrected chi connectivity index (χ3v) is 5.24. The molecule has 1 unspecified atom stereocenters. The molecule has 1 aliphatic rings. The van der Waals surface area contributed by atoms with Gasteiger partial charge >= 0.3 is 6.18 Å². The minimum Gasteiger partial charge on any atom is -0.301 e. The van der Waals surface area contributed by atoms with Crippen molar-refractivity contribution in [1.82, 2.24) is 4.90 Å². The van der Waals surface area contributed by atoms with Crippen LogP contribution in [-0.4, -0.2) is 24.0 Å². The Morgan fingerprint density at radius 1 is 1.04 bits per heavy atom. The van der Waals surface area contributed by atoms with Gasteiger partial charge in [0.15, 0.2) is 0 Å². The molecule has 1 aromatic carbocycles. The van der Waals surface area contributed by atoms with Gasteiger partial charge in [0.1, 0.15) is 0 Å². The van der Waals surface area contributed by atoms with E-state index < -0.39 is 11.7 Å². The van der Waals surface area contributed by atoms with E-state index in [1.807, 2.05) is 0 Å². The quantitative estimate of drug-likeness (QED) is 0.706. The first-order valence-corrected chi connectivity index (χ1v) is 8.51. The molecule has 1 aromatic rings. The second-order valence-corrected chi connectivity index (χ2v) is 7.73. The lowest BCUT2D eigenvalue weighted by molar-refractivity contribution is -0.137. The van der Waals surface area contributed by atoms with Crippen molar-refractivity contribution in [1.29, 1.82) is 0 Å². The summed E-state index contributed by atoms with van der Waals surface area (Å²) in [5.74, 6) is 0.807. The highest BCUT2D eigenvalue weighted by Gasteiger charge is 2.32. The number of halogens is 3. The van der Waals surface area contributed by atoms with Gasteiger partial charge in [-0.1, -0.05) is 32.9 Å². The lowest BCUT2D eigenvalue weighted by Crippen LogP contribution is -2.42. The van der Waals surface area contributed by atoms with Gasteiger partial charge in [-0.25, -0.2) is 0 Å². The monoisotopic (exact) mass is 327 g/mol. The Morgan fingerprint density at radius 3 is 2.00 bits per heavy atom.